The average molecular weight is 687 g/mol. The van der Waals surface area contributed by atoms with Crippen molar-refractivity contribution in [2.75, 3.05) is 11.9 Å². The number of alkyl halides is 6. The van der Waals surface area contributed by atoms with E-state index < -0.39 is 29.5 Å². The first-order valence-electron chi connectivity index (χ1n) is 14.8. The standard InChI is InChI=1S/C34H32F6N6OS/c1-22(2)30(44-31(47)15-28-17-42-21-46(28)18-24-12-10-23(16-41)11-13-24)20-45(19-25-6-3-4-9-29(25)34(38,39)40)32(48)43-27-8-5-7-26(14-27)33(35,36)37/h3-14,17,21-22,30H,15,18-20H2,1-2H3,(H,43,48)(H,44,47)/t30-/m1/s1. The number of carbonyl (C=O) groups excluding carboxylic acids is 1. The van der Waals surface area contributed by atoms with Crippen molar-refractivity contribution in [1.29, 1.82) is 5.26 Å². The zero-order valence-electron chi connectivity index (χ0n) is 25.9. The number of nitrogens with zero attached hydrogens (tertiary/aromatic N) is 4. The lowest BCUT2D eigenvalue weighted by Gasteiger charge is -2.33. The molecule has 0 saturated heterocycles. The number of hydrogen-bond donors (Lipinski definition) is 2. The molecule has 1 heterocycles. The maximum atomic E-state index is 13.9. The van der Waals surface area contributed by atoms with E-state index in [-0.39, 0.29) is 47.7 Å². The lowest BCUT2D eigenvalue weighted by atomic mass is 10.0. The largest absolute Gasteiger partial charge is 0.416 e. The van der Waals surface area contributed by atoms with Crippen molar-refractivity contribution in [2.24, 2.45) is 5.92 Å². The minimum absolute atomic E-state index is 0.00425. The molecule has 3 aromatic carbocycles. The summed E-state index contributed by atoms with van der Waals surface area (Å²) in [4.78, 5) is 18.9. The van der Waals surface area contributed by atoms with Crippen molar-refractivity contribution in [2.45, 2.75) is 51.8 Å². The average Bonchev–Trinajstić information content (AvgIpc) is 3.45. The molecule has 0 saturated carbocycles. The Balaban J connectivity index is 1.55. The van der Waals surface area contributed by atoms with Crippen LogP contribution in [0.1, 0.15) is 47.4 Å². The third-order valence-electron chi connectivity index (χ3n) is 7.56. The van der Waals surface area contributed by atoms with E-state index in [4.69, 9.17) is 17.5 Å². The van der Waals surface area contributed by atoms with Gasteiger partial charge in [0.25, 0.3) is 0 Å². The molecule has 0 aliphatic carbocycles. The number of carbonyl (C=O) groups is 1. The molecular weight excluding hydrogens is 654 g/mol. The molecule has 0 aliphatic rings. The zero-order chi connectivity index (χ0) is 35.1. The molecule has 252 valence electrons. The number of anilines is 1. The summed E-state index contributed by atoms with van der Waals surface area (Å²) in [5.41, 5.74) is 0.127. The summed E-state index contributed by atoms with van der Waals surface area (Å²) in [5, 5.41) is 14.6. The number of aromatic nitrogens is 2. The first-order valence-corrected chi connectivity index (χ1v) is 15.2. The van der Waals surface area contributed by atoms with Gasteiger partial charge in [0.2, 0.25) is 5.91 Å². The van der Waals surface area contributed by atoms with E-state index in [0.29, 0.717) is 17.8 Å². The lowest BCUT2D eigenvalue weighted by Crippen LogP contribution is -2.49. The van der Waals surface area contributed by atoms with E-state index in [1.807, 2.05) is 13.8 Å². The predicted molar refractivity (Wildman–Crippen MR) is 172 cm³/mol. The van der Waals surface area contributed by atoms with E-state index in [9.17, 15) is 31.1 Å². The van der Waals surface area contributed by atoms with Crippen molar-refractivity contribution in [1.82, 2.24) is 19.8 Å². The Labute approximate surface area is 279 Å². The molecule has 4 rings (SSSR count). The Kier molecular flexibility index (Phi) is 11.5. The maximum Gasteiger partial charge on any atom is 0.416 e. The molecule has 1 amide bonds. The second-order valence-electron chi connectivity index (χ2n) is 11.5. The number of amides is 1. The molecular formula is C34H32F6N6OS. The lowest BCUT2D eigenvalue weighted by molar-refractivity contribution is -0.138. The van der Waals surface area contributed by atoms with Crippen LogP contribution in [0.25, 0.3) is 0 Å². The highest BCUT2D eigenvalue weighted by atomic mass is 32.1. The molecule has 0 fully saturated rings. The number of thiocarbonyl (C=S) groups is 1. The third kappa shape index (κ3) is 9.80. The molecule has 0 aliphatic heterocycles. The van der Waals surface area contributed by atoms with Gasteiger partial charge in [-0.15, -0.1) is 0 Å². The summed E-state index contributed by atoms with van der Waals surface area (Å²) < 4.78 is 83.6. The van der Waals surface area contributed by atoms with E-state index in [1.54, 1.807) is 41.4 Å². The Bertz CT molecular complexity index is 1760. The van der Waals surface area contributed by atoms with Crippen LogP contribution < -0.4 is 10.6 Å². The van der Waals surface area contributed by atoms with Gasteiger partial charge in [-0.3, -0.25) is 4.79 Å². The van der Waals surface area contributed by atoms with E-state index in [2.05, 4.69) is 21.7 Å². The first-order chi connectivity index (χ1) is 22.6. The smallest absolute Gasteiger partial charge is 0.351 e. The van der Waals surface area contributed by atoms with Gasteiger partial charge >= 0.3 is 12.4 Å². The van der Waals surface area contributed by atoms with Crippen molar-refractivity contribution >= 4 is 28.9 Å². The van der Waals surface area contributed by atoms with Gasteiger partial charge in [-0.1, -0.05) is 50.2 Å². The highest BCUT2D eigenvalue weighted by Crippen LogP contribution is 2.33. The number of rotatable bonds is 11. The first kappa shape index (κ1) is 35.9. The number of nitriles is 1. The highest BCUT2D eigenvalue weighted by Gasteiger charge is 2.34. The van der Waals surface area contributed by atoms with Gasteiger partial charge in [0.15, 0.2) is 5.11 Å². The van der Waals surface area contributed by atoms with Crippen LogP contribution in [0.3, 0.4) is 0 Å². The third-order valence-corrected chi connectivity index (χ3v) is 7.92. The second-order valence-corrected chi connectivity index (χ2v) is 11.8. The number of halogens is 6. The second kappa shape index (κ2) is 15.3. The topological polar surface area (TPSA) is 86.0 Å². The monoisotopic (exact) mass is 686 g/mol. The van der Waals surface area contributed by atoms with Crippen LogP contribution in [-0.2, 0) is 36.7 Å². The molecule has 48 heavy (non-hydrogen) atoms. The van der Waals surface area contributed by atoms with Crippen molar-refractivity contribution in [3.63, 3.8) is 0 Å². The van der Waals surface area contributed by atoms with Gasteiger partial charge in [0, 0.05) is 43.3 Å². The summed E-state index contributed by atoms with van der Waals surface area (Å²) >= 11 is 5.55. The molecule has 0 radical (unpaired) electrons. The van der Waals surface area contributed by atoms with E-state index in [1.165, 1.54) is 35.2 Å². The van der Waals surface area contributed by atoms with Crippen LogP contribution in [0.5, 0.6) is 0 Å². The van der Waals surface area contributed by atoms with Gasteiger partial charge in [-0.25, -0.2) is 4.98 Å². The minimum Gasteiger partial charge on any atom is -0.351 e. The summed E-state index contributed by atoms with van der Waals surface area (Å²) in [6.07, 6.45) is -6.19. The van der Waals surface area contributed by atoms with Gasteiger partial charge in [0.05, 0.1) is 35.5 Å². The molecule has 2 N–H and O–H groups in total. The predicted octanol–water partition coefficient (Wildman–Crippen LogP) is 7.42. The Morgan fingerprint density at radius 1 is 1.00 bits per heavy atom. The fourth-order valence-electron chi connectivity index (χ4n) is 4.94. The SMILES string of the molecule is CC(C)[C@@H](CN(Cc1ccccc1C(F)(F)F)C(=S)Nc1cccc(C(F)(F)F)c1)NC(=O)Cc1cncn1Cc1ccc(C#N)cc1. The van der Waals surface area contributed by atoms with Gasteiger partial charge < -0.3 is 20.1 Å². The molecule has 0 spiro atoms. The molecule has 7 nitrogen and oxygen atoms in total. The van der Waals surface area contributed by atoms with Crippen LogP contribution in [0.4, 0.5) is 32.0 Å². The Hall–Kier alpha value is -4.90. The van der Waals surface area contributed by atoms with Crippen LogP contribution in [0, 0.1) is 17.2 Å². The van der Waals surface area contributed by atoms with Crippen LogP contribution in [0.2, 0.25) is 0 Å². The number of benzene rings is 3. The van der Waals surface area contributed by atoms with Crippen LogP contribution in [-0.4, -0.2) is 38.1 Å². The zero-order valence-corrected chi connectivity index (χ0v) is 26.8. The fourth-order valence-corrected chi connectivity index (χ4v) is 5.19. The maximum absolute atomic E-state index is 13.9. The van der Waals surface area contributed by atoms with E-state index >= 15 is 0 Å². The van der Waals surface area contributed by atoms with E-state index in [0.717, 1.165) is 23.8 Å². The molecule has 4 aromatic rings. The Morgan fingerprint density at radius 2 is 1.71 bits per heavy atom. The number of hydrogen-bond acceptors (Lipinski definition) is 4. The van der Waals surface area contributed by atoms with Crippen LogP contribution in [0.15, 0.2) is 85.3 Å². The number of imidazole rings is 1. The number of nitrogens with one attached hydrogen (secondary N) is 2. The summed E-state index contributed by atoms with van der Waals surface area (Å²) in [7, 11) is 0. The van der Waals surface area contributed by atoms with Gasteiger partial charge in [-0.05, 0) is 65.7 Å². The van der Waals surface area contributed by atoms with Crippen LogP contribution >= 0.6 is 12.2 Å². The van der Waals surface area contributed by atoms with Crippen molar-refractivity contribution in [3.05, 3.63) is 119 Å². The molecule has 1 atom stereocenters. The van der Waals surface area contributed by atoms with Gasteiger partial charge in [0.1, 0.15) is 0 Å². The molecule has 1 aromatic heterocycles. The fraction of sp³-hybridized carbons (Fsp3) is 0.294. The van der Waals surface area contributed by atoms with Gasteiger partial charge in [-0.2, -0.15) is 31.6 Å². The summed E-state index contributed by atoms with van der Waals surface area (Å²) in [6, 6.07) is 17.7. The minimum atomic E-state index is -4.66. The molecule has 0 bridgehead atoms. The van der Waals surface area contributed by atoms with Crippen molar-refractivity contribution in [3.8, 4) is 6.07 Å². The quantitative estimate of drug-likeness (QED) is 0.126. The molecule has 14 heteroatoms. The summed E-state index contributed by atoms with van der Waals surface area (Å²) in [5.74, 6) is -0.586. The Morgan fingerprint density at radius 3 is 2.35 bits per heavy atom. The highest BCUT2D eigenvalue weighted by molar-refractivity contribution is 7.80. The summed E-state index contributed by atoms with van der Waals surface area (Å²) in [6.45, 7) is 3.67. The van der Waals surface area contributed by atoms with Crippen molar-refractivity contribution < 1.29 is 31.1 Å². The normalized spacial score (nSPS) is 12.3. The molecule has 0 unspecified atom stereocenters.